The summed E-state index contributed by atoms with van der Waals surface area (Å²) in [5, 5.41) is 44.5. The quantitative estimate of drug-likeness (QED) is 0.0335. The molecule has 7 aliphatic carbocycles. The molecule has 1 saturated heterocycles. The maximum atomic E-state index is 12.9. The summed E-state index contributed by atoms with van der Waals surface area (Å²) >= 11 is 0. The number of aliphatic hydroxyl groups is 1. The van der Waals surface area contributed by atoms with Gasteiger partial charge >= 0.3 is 25.0 Å². The Hall–Kier alpha value is -10.6. The number of carbonyl (C=O) groups is 7. The van der Waals surface area contributed by atoms with Crippen molar-refractivity contribution >= 4 is 54.1 Å². The van der Waals surface area contributed by atoms with Gasteiger partial charge in [-0.1, -0.05) is 125 Å². The second-order valence-corrected chi connectivity index (χ2v) is 39.6. The summed E-state index contributed by atoms with van der Waals surface area (Å²) in [7, 11) is 7.21. The number of nitrogens with zero attached hydrogens (tertiary/aromatic N) is 8. The number of aromatic hydroxyl groups is 1. The average molecular weight is 1900 g/mol. The number of likely N-dealkylation sites (N-methyl/N-ethyl adjacent to an activating group) is 4. The molecule has 8 aliphatic rings. The van der Waals surface area contributed by atoms with Crippen LogP contribution in [0.4, 0.5) is 0 Å². The van der Waals surface area contributed by atoms with Gasteiger partial charge in [0.1, 0.15) is 17.2 Å². The topological polar surface area (TPSA) is 353 Å². The van der Waals surface area contributed by atoms with Gasteiger partial charge in [-0.05, 0) is 283 Å². The number of aliphatic carboxylic acids is 1. The van der Waals surface area contributed by atoms with Gasteiger partial charge < -0.3 is 81.3 Å². The molecule has 8 aromatic rings. The summed E-state index contributed by atoms with van der Waals surface area (Å²) in [6, 6.07) is 31.3. The van der Waals surface area contributed by atoms with Crippen LogP contribution in [0.25, 0.3) is 45.3 Å². The van der Waals surface area contributed by atoms with Crippen molar-refractivity contribution in [3.05, 3.63) is 142 Å². The molecule has 4 amide bonds. The molecular formula is C108H155BN8O20. The highest BCUT2D eigenvalue weighted by molar-refractivity contribution is 6.62. The molecule has 8 fully saturated rings. The zero-order chi connectivity index (χ0) is 96.2. The first-order chi connectivity index (χ1) is 64.0. The summed E-state index contributed by atoms with van der Waals surface area (Å²) in [5.74, 6) is 3.08. The number of rotatable bonds is 26. The van der Waals surface area contributed by atoms with Crippen LogP contribution < -0.4 is 14.9 Å². The number of benzene rings is 4. The number of phenols is 1. The second kappa shape index (κ2) is 50.8. The normalized spacial score (nSPS) is 20.2. The maximum Gasteiger partial charge on any atom is 0.494 e. The summed E-state index contributed by atoms with van der Waals surface area (Å²) in [6.07, 6.45) is 28.5. The van der Waals surface area contributed by atoms with E-state index in [9.17, 15) is 48.9 Å². The predicted molar refractivity (Wildman–Crippen MR) is 530 cm³/mol. The van der Waals surface area contributed by atoms with Crippen LogP contribution in [0.3, 0.4) is 0 Å². The predicted octanol–water partition coefficient (Wildman–Crippen LogP) is 20.7. The first kappa shape index (κ1) is 110. The number of carboxylic acids is 1. The maximum absolute atomic E-state index is 12.9. The Kier molecular flexibility index (Phi) is 40.8. The SMILES string of the molecule is C.C.C.CC(C)OC(=O)[C@H]1CCC[C@@H](O)C1.Cc1noc(-c2ccc(B3OC(C)(C)C(C)(C)O3)cc2)c1CC(=O)N(C)C1CCCC1.Cc1noc(-c2ccc(O)cc2)c1CC(=O)N(C)C1CCCC1.Cc1noc(-c2ccc(O[C@H]3CCC[C@H](C(=O)O)C3)cc2)c1CC(=O)N(C)C1CCCC1.Cc1noc(-c2ccc(O[C@H]3CCC[C@H](C(=O)OC(C)C)C3)cc2)c1CC(=O)N(C)C1CCCC1. The first-order valence-electron chi connectivity index (χ1n) is 48.9. The van der Waals surface area contributed by atoms with Crippen molar-refractivity contribution in [2.45, 2.75) is 377 Å². The lowest BCUT2D eigenvalue weighted by Crippen LogP contribution is -2.41. The lowest BCUT2D eigenvalue weighted by molar-refractivity contribution is -0.155. The van der Waals surface area contributed by atoms with Crippen molar-refractivity contribution in [2.75, 3.05) is 28.2 Å². The van der Waals surface area contributed by atoms with E-state index in [4.69, 9.17) is 46.3 Å². The third-order valence-electron chi connectivity index (χ3n) is 28.6. The van der Waals surface area contributed by atoms with E-state index in [0.717, 1.165) is 188 Å². The Labute approximate surface area is 812 Å². The summed E-state index contributed by atoms with van der Waals surface area (Å²) < 4.78 is 57.3. The van der Waals surface area contributed by atoms with Crippen LogP contribution in [0.1, 0.15) is 302 Å². The van der Waals surface area contributed by atoms with Gasteiger partial charge in [0.2, 0.25) is 23.6 Å². The van der Waals surface area contributed by atoms with Gasteiger partial charge in [0, 0.05) is 96.9 Å². The Morgan fingerprint density at radius 1 is 0.387 bits per heavy atom. The number of aromatic nitrogens is 4. The molecule has 6 atom stereocenters. The fourth-order valence-electron chi connectivity index (χ4n) is 19.5. The minimum absolute atomic E-state index is 0. The summed E-state index contributed by atoms with van der Waals surface area (Å²) in [6.45, 7) is 23.1. The van der Waals surface area contributed by atoms with Crippen molar-refractivity contribution in [3.63, 3.8) is 0 Å². The van der Waals surface area contributed by atoms with E-state index >= 15 is 0 Å². The number of hydrogen-bond donors (Lipinski definition) is 3. The summed E-state index contributed by atoms with van der Waals surface area (Å²) in [4.78, 5) is 93.9. The highest BCUT2D eigenvalue weighted by atomic mass is 16.7. The van der Waals surface area contributed by atoms with E-state index in [0.29, 0.717) is 85.1 Å². The van der Waals surface area contributed by atoms with Crippen LogP contribution in [0, 0.1) is 45.4 Å². The van der Waals surface area contributed by atoms with Gasteiger partial charge in [-0.3, -0.25) is 33.6 Å². The lowest BCUT2D eigenvalue weighted by Gasteiger charge is -2.32. The second-order valence-electron chi connectivity index (χ2n) is 39.6. The highest BCUT2D eigenvalue weighted by Crippen LogP contribution is 2.41. The Morgan fingerprint density at radius 3 is 0.949 bits per heavy atom. The van der Waals surface area contributed by atoms with Crippen molar-refractivity contribution in [1.29, 1.82) is 0 Å². The number of aliphatic hydroxyl groups excluding tert-OH is 1. The van der Waals surface area contributed by atoms with Crippen LogP contribution in [-0.2, 0) is 78.0 Å². The van der Waals surface area contributed by atoms with Crippen LogP contribution in [0.2, 0.25) is 0 Å². The van der Waals surface area contributed by atoms with Gasteiger partial charge in [0.25, 0.3) is 0 Å². The van der Waals surface area contributed by atoms with Gasteiger partial charge in [0.05, 0.1) is 108 Å². The molecule has 3 N–H and O–H groups in total. The molecule has 4 aromatic carbocycles. The third-order valence-corrected chi connectivity index (χ3v) is 28.6. The minimum Gasteiger partial charge on any atom is -0.508 e. The van der Waals surface area contributed by atoms with Gasteiger partial charge in [-0.15, -0.1) is 0 Å². The zero-order valence-electron chi connectivity index (χ0n) is 81.7. The number of ether oxygens (including phenoxy) is 4. The smallest absolute Gasteiger partial charge is 0.494 e. The molecule has 4 aromatic heterocycles. The molecule has 0 unspecified atom stereocenters. The molecule has 0 bridgehead atoms. The van der Waals surface area contributed by atoms with Gasteiger partial charge in [0.15, 0.2) is 23.0 Å². The standard InChI is InChI=1S/C28H38N2O5.C25H32N2O5.C24H33BN2O4.C18H22N2O3.C10H18O3.3CH4/c1-18(2)33-28(32)21-8-7-11-24(16-21)34-23-14-12-20(13-15-23)27-25(19(3)29-35-27)17-26(31)30(4)22-9-5-6-10-22;1-16-22(15-23(28)27(2)19-7-3-4-8-19)24(32-26-16)17-10-12-20(13-11-17)31-21-9-5-6-18(14-21)25(29)30;1-16-20(15-21(28)27(6)19-9-7-8-10-19)22(29-26-16)17-11-13-18(14-12-17)25-30-23(2,3)24(4,5)31-25;1-12-16(11-17(22)20(2)14-5-3-4-6-14)18(23-19-12)13-7-9-15(21)10-8-13;1-7(2)13-10(12)8-4-3-5-9(11)6-8;;;/h12-15,18,21-22,24H,5-11,16-17H2,1-4H3;10-13,18-19,21H,3-9,14-15H2,1-2H3,(H,29,30);11-14,19H,7-10,15H2,1-6H3;7-10,14,21H,3-6,11H2,1-2H3;7-9,11H,3-6H2,1-2H3;3*1H4/t21-,24-;18-,21-;;;8-,9+;;;/m00..0.../s1. The monoisotopic (exact) mass is 1900 g/mol. The number of carbonyl (C=O) groups excluding carboxylic acids is 6. The molecular weight excluding hydrogens is 1740 g/mol. The molecule has 750 valence electrons. The number of aryl methyl sites for hydroxylation is 4. The number of carboxylic acid groups (broad SMARTS) is 1. The van der Waals surface area contributed by atoms with Gasteiger partial charge in [-0.25, -0.2) is 0 Å². The average Bonchev–Trinajstić information content (AvgIpc) is 1.60. The molecule has 0 radical (unpaired) electrons. The van der Waals surface area contributed by atoms with E-state index in [1.54, 1.807) is 24.3 Å². The Morgan fingerprint density at radius 2 is 0.657 bits per heavy atom. The molecule has 137 heavy (non-hydrogen) atoms. The van der Waals surface area contributed by atoms with Crippen molar-refractivity contribution in [2.24, 2.45) is 17.8 Å². The highest BCUT2D eigenvalue weighted by Gasteiger charge is 2.52. The fourth-order valence-corrected chi connectivity index (χ4v) is 19.5. The van der Waals surface area contributed by atoms with E-state index in [-0.39, 0.29) is 136 Å². The van der Waals surface area contributed by atoms with Gasteiger partial charge in [-0.2, -0.15) is 0 Å². The fraction of sp³-hybridized carbons (Fsp3) is 0.602. The number of phenolic OH excluding ortho intramolecular Hbond substituents is 1. The molecule has 28 nitrogen and oxygen atoms in total. The zero-order valence-corrected chi connectivity index (χ0v) is 81.7. The number of hydrogen-bond acceptors (Lipinski definition) is 23. The summed E-state index contributed by atoms with van der Waals surface area (Å²) in [5.41, 5.74) is 9.95. The molecule has 1 aliphatic heterocycles. The van der Waals surface area contributed by atoms with Crippen molar-refractivity contribution in [3.8, 4) is 62.5 Å². The van der Waals surface area contributed by atoms with E-state index in [2.05, 4.69) is 20.6 Å². The van der Waals surface area contributed by atoms with Crippen LogP contribution >= 0.6 is 0 Å². The molecule has 16 rings (SSSR count). The van der Waals surface area contributed by atoms with Crippen LogP contribution in [-0.4, -0.2) is 198 Å². The molecule has 29 heteroatoms. The van der Waals surface area contributed by atoms with E-state index < -0.39 is 13.1 Å². The van der Waals surface area contributed by atoms with Crippen molar-refractivity contribution in [1.82, 2.24) is 40.2 Å². The Bertz CT molecular complexity index is 5150. The van der Waals surface area contributed by atoms with E-state index in [1.165, 1.54) is 51.4 Å². The third kappa shape index (κ3) is 29.5. The molecule has 0 spiro atoms. The van der Waals surface area contributed by atoms with E-state index in [1.807, 2.05) is 204 Å². The lowest BCUT2D eigenvalue weighted by atomic mass is 9.78. The molecule has 7 saturated carbocycles. The largest absolute Gasteiger partial charge is 0.508 e. The minimum atomic E-state index is -0.741. The number of esters is 2. The molecule has 5 heterocycles. The first-order valence-corrected chi connectivity index (χ1v) is 48.9. The Balaban J connectivity index is 0.000000196. The van der Waals surface area contributed by atoms with Crippen molar-refractivity contribution < 1.29 is 95.2 Å². The number of amides is 4. The van der Waals surface area contributed by atoms with Crippen LogP contribution in [0.15, 0.2) is 115 Å². The van der Waals surface area contributed by atoms with Crippen LogP contribution in [0.5, 0.6) is 17.2 Å².